The van der Waals surface area contributed by atoms with Gasteiger partial charge in [-0.05, 0) is 24.1 Å². The number of benzene rings is 2. The number of anilines is 1. The third-order valence-corrected chi connectivity index (χ3v) is 6.61. The van der Waals surface area contributed by atoms with E-state index < -0.39 is 5.54 Å². The number of hydrogen-bond donors (Lipinski definition) is 4. The summed E-state index contributed by atoms with van der Waals surface area (Å²) in [6, 6.07) is 14.6. The Kier molecular flexibility index (Phi) is 6.99. The number of aliphatic hydroxyl groups is 1. The maximum Gasteiger partial charge on any atom is 0.254 e. The molecule has 1 aromatic heterocycles. The number of nitrogens with zero attached hydrogens (tertiary/aromatic N) is 3. The molecule has 0 fully saturated rings. The summed E-state index contributed by atoms with van der Waals surface area (Å²) in [5.74, 6) is -0.318. The molecule has 2 aliphatic rings. The molecule has 2 amide bonds. The van der Waals surface area contributed by atoms with Gasteiger partial charge in [0.1, 0.15) is 12.8 Å². The molecule has 11 heteroatoms. The smallest absolute Gasteiger partial charge is 0.254 e. The topological polar surface area (TPSA) is 129 Å². The highest BCUT2D eigenvalue weighted by molar-refractivity contribution is 6.33. The number of aliphatic hydroxyl groups excluding tert-OH is 1. The monoisotopic (exact) mass is 532 g/mol. The number of fused-ring (bicyclic) bond motifs is 1. The summed E-state index contributed by atoms with van der Waals surface area (Å²) < 4.78 is 0. The van der Waals surface area contributed by atoms with Gasteiger partial charge >= 0.3 is 0 Å². The van der Waals surface area contributed by atoms with Crippen LogP contribution < -0.4 is 16.1 Å². The van der Waals surface area contributed by atoms with Crippen molar-refractivity contribution in [1.82, 2.24) is 25.7 Å². The normalized spacial score (nSPS) is 15.6. The van der Waals surface area contributed by atoms with E-state index in [9.17, 15) is 14.7 Å². The van der Waals surface area contributed by atoms with Crippen molar-refractivity contribution in [3.05, 3.63) is 101 Å². The Morgan fingerprint density at radius 1 is 1.26 bits per heavy atom. The Morgan fingerprint density at radius 2 is 2.08 bits per heavy atom. The van der Waals surface area contributed by atoms with Crippen LogP contribution in [0.15, 0.2) is 79.0 Å². The number of aromatic nitrogens is 2. The number of amides is 2. The maximum absolute atomic E-state index is 13.2. The molecular weight excluding hydrogens is 508 g/mol. The van der Waals surface area contributed by atoms with Crippen molar-refractivity contribution in [2.75, 3.05) is 18.5 Å². The molecule has 0 saturated heterocycles. The zero-order valence-electron chi connectivity index (χ0n) is 20.4. The van der Waals surface area contributed by atoms with Crippen molar-refractivity contribution >= 4 is 29.4 Å². The lowest BCUT2D eigenvalue weighted by atomic mass is 9.93. The van der Waals surface area contributed by atoms with Gasteiger partial charge in [-0.25, -0.2) is 15.4 Å². The fourth-order valence-electron chi connectivity index (χ4n) is 4.29. The zero-order valence-corrected chi connectivity index (χ0v) is 21.2. The number of nitrogens with one attached hydrogen (secondary N) is 3. The molecule has 1 atom stereocenters. The van der Waals surface area contributed by atoms with E-state index >= 15 is 0 Å². The van der Waals surface area contributed by atoms with E-state index in [1.54, 1.807) is 25.3 Å². The third-order valence-electron chi connectivity index (χ3n) is 6.34. The summed E-state index contributed by atoms with van der Waals surface area (Å²) in [6.45, 7) is 1.61. The molecule has 3 heterocycles. The largest absolute Gasteiger partial charge is 0.394 e. The van der Waals surface area contributed by atoms with Crippen LogP contribution in [0.2, 0.25) is 5.02 Å². The Morgan fingerprint density at radius 3 is 2.82 bits per heavy atom. The van der Waals surface area contributed by atoms with Crippen LogP contribution in [0.4, 0.5) is 5.95 Å². The first-order valence-corrected chi connectivity index (χ1v) is 12.2. The molecular formula is C27H25ClN6O4. The number of carbonyl (C=O) groups is 2. The van der Waals surface area contributed by atoms with Crippen molar-refractivity contribution in [2.45, 2.75) is 19.0 Å². The van der Waals surface area contributed by atoms with Crippen LogP contribution in [-0.4, -0.2) is 44.9 Å². The van der Waals surface area contributed by atoms with Gasteiger partial charge in [-0.3, -0.25) is 9.59 Å². The van der Waals surface area contributed by atoms with Crippen LogP contribution in [0, 0.1) is 0 Å². The first-order valence-electron chi connectivity index (χ1n) is 11.8. The van der Waals surface area contributed by atoms with Crippen LogP contribution in [0.25, 0.3) is 11.3 Å². The molecule has 10 nitrogen and oxygen atoms in total. The van der Waals surface area contributed by atoms with Crippen LogP contribution in [-0.2, 0) is 21.7 Å². The van der Waals surface area contributed by atoms with Crippen molar-refractivity contribution in [2.24, 2.45) is 0 Å². The quantitative estimate of drug-likeness (QED) is 0.348. The maximum atomic E-state index is 13.2. The van der Waals surface area contributed by atoms with E-state index in [0.717, 1.165) is 11.1 Å². The molecule has 4 N–H and O–H groups in total. The van der Waals surface area contributed by atoms with Gasteiger partial charge in [-0.2, -0.15) is 0 Å². The minimum Gasteiger partial charge on any atom is -0.394 e. The first-order chi connectivity index (χ1) is 18.4. The first kappa shape index (κ1) is 25.2. The SMILES string of the molecule is C[C@@](CO)(NC(=O)CN1Cc2ccc(-c3nc(NC4=CNOC=C4)ncc3Cl)cc2C1=O)c1ccccc1. The lowest BCUT2D eigenvalue weighted by Gasteiger charge is -2.30. The van der Waals surface area contributed by atoms with E-state index in [1.165, 1.54) is 17.4 Å². The second-order valence-electron chi connectivity index (χ2n) is 9.09. The second kappa shape index (κ2) is 10.5. The van der Waals surface area contributed by atoms with Crippen LogP contribution in [0.5, 0.6) is 0 Å². The van der Waals surface area contributed by atoms with Gasteiger partial charge in [0.05, 0.1) is 41.0 Å². The minimum absolute atomic E-state index is 0.145. The number of carbonyl (C=O) groups excluding carboxylic acids is 2. The van der Waals surface area contributed by atoms with Crippen molar-refractivity contribution in [3.8, 4) is 11.3 Å². The van der Waals surface area contributed by atoms with Crippen LogP contribution in [0.1, 0.15) is 28.4 Å². The molecule has 0 bridgehead atoms. The molecule has 2 aliphatic heterocycles. The number of halogens is 1. The molecule has 0 aliphatic carbocycles. The van der Waals surface area contributed by atoms with Gasteiger partial charge in [-0.1, -0.05) is 54.1 Å². The average molecular weight is 533 g/mol. The van der Waals surface area contributed by atoms with Gasteiger partial charge in [0.15, 0.2) is 0 Å². The van der Waals surface area contributed by atoms with Gasteiger partial charge in [0, 0.05) is 23.7 Å². The molecule has 0 saturated carbocycles. The summed E-state index contributed by atoms with van der Waals surface area (Å²) in [4.78, 5) is 41.2. The summed E-state index contributed by atoms with van der Waals surface area (Å²) in [5.41, 5.74) is 5.48. The number of rotatable bonds is 8. The van der Waals surface area contributed by atoms with E-state index in [2.05, 4.69) is 26.1 Å². The van der Waals surface area contributed by atoms with E-state index in [0.29, 0.717) is 40.0 Å². The molecule has 38 heavy (non-hydrogen) atoms. The lowest BCUT2D eigenvalue weighted by Crippen LogP contribution is -2.49. The Labute approximate surface area is 224 Å². The summed E-state index contributed by atoms with van der Waals surface area (Å²) in [7, 11) is 0. The molecule has 2 aromatic carbocycles. The van der Waals surface area contributed by atoms with Crippen LogP contribution in [0.3, 0.4) is 0 Å². The number of hydroxylamine groups is 1. The zero-order chi connectivity index (χ0) is 26.7. The van der Waals surface area contributed by atoms with E-state index in [-0.39, 0.29) is 25.0 Å². The molecule has 194 valence electrons. The van der Waals surface area contributed by atoms with Gasteiger partial charge < -0.3 is 25.5 Å². The van der Waals surface area contributed by atoms with Gasteiger partial charge in [-0.15, -0.1) is 0 Å². The van der Waals surface area contributed by atoms with Crippen molar-refractivity contribution in [1.29, 1.82) is 0 Å². The second-order valence-corrected chi connectivity index (χ2v) is 9.50. The highest BCUT2D eigenvalue weighted by atomic mass is 35.5. The lowest BCUT2D eigenvalue weighted by molar-refractivity contribution is -0.124. The Hall–Kier alpha value is -4.41. The predicted molar refractivity (Wildman–Crippen MR) is 141 cm³/mol. The predicted octanol–water partition coefficient (Wildman–Crippen LogP) is 3.08. The third kappa shape index (κ3) is 5.17. The summed E-state index contributed by atoms with van der Waals surface area (Å²) >= 11 is 6.40. The fourth-order valence-corrected chi connectivity index (χ4v) is 4.49. The van der Waals surface area contributed by atoms with Gasteiger partial charge in [0.25, 0.3) is 5.91 Å². The Balaban J connectivity index is 1.31. The summed E-state index contributed by atoms with van der Waals surface area (Å²) in [5, 5.41) is 16.2. The van der Waals surface area contributed by atoms with E-state index in [4.69, 9.17) is 16.4 Å². The molecule has 0 spiro atoms. The molecule has 0 radical (unpaired) electrons. The average Bonchev–Trinajstić information content (AvgIpc) is 3.24. The van der Waals surface area contributed by atoms with Gasteiger partial charge in [0.2, 0.25) is 11.9 Å². The highest BCUT2D eigenvalue weighted by Crippen LogP contribution is 2.31. The molecule has 3 aromatic rings. The number of hydrogen-bond acceptors (Lipinski definition) is 8. The minimum atomic E-state index is -0.969. The standard InChI is InChI=1S/C27H25ClN6O4/c1-27(16-35,19-5-3-2-4-6-19)33-23(36)15-34-14-18-8-7-17(11-21(18)25(34)37)24-22(28)13-29-26(32-24)31-20-9-10-38-30-12-20/h2-13,30,35H,14-16H2,1H3,(H,33,36)(H,29,31,32)/t27-/m0/s1. The van der Waals surface area contributed by atoms with Crippen molar-refractivity contribution in [3.63, 3.8) is 0 Å². The summed E-state index contributed by atoms with van der Waals surface area (Å²) in [6.07, 6.45) is 6.28. The molecule has 5 rings (SSSR count). The van der Waals surface area contributed by atoms with Crippen LogP contribution >= 0.6 is 11.6 Å². The number of allylic oxidation sites excluding steroid dienone is 1. The van der Waals surface area contributed by atoms with Crippen molar-refractivity contribution < 1.29 is 19.5 Å². The molecule has 0 unspecified atom stereocenters. The fraction of sp³-hybridized carbons (Fsp3) is 0.185. The Bertz CT molecular complexity index is 1440. The van der Waals surface area contributed by atoms with E-state index in [1.807, 2.05) is 42.5 Å². The highest BCUT2D eigenvalue weighted by Gasteiger charge is 2.32.